The number of hydrogen-bond donors (Lipinski definition) is 0. The molecule has 438 valence electrons. The van der Waals surface area contributed by atoms with Crippen LogP contribution in [0.5, 0.6) is 0 Å². The summed E-state index contributed by atoms with van der Waals surface area (Å²) in [5, 5.41) is 10.2. The minimum absolute atomic E-state index is 0.916. The van der Waals surface area contributed by atoms with Crippen molar-refractivity contribution in [2.45, 2.75) is 6.92 Å². The second kappa shape index (κ2) is 24.6. The maximum atomic E-state index is 6.35. The van der Waals surface area contributed by atoms with E-state index >= 15 is 0 Å². The number of furan rings is 1. The molecule has 0 amide bonds. The first-order valence-electron chi connectivity index (χ1n) is 30.7. The first kappa shape index (κ1) is 57.1. The van der Waals surface area contributed by atoms with E-state index in [0.29, 0.717) is 0 Å². The number of aromatic nitrogens is 1. The highest BCUT2D eigenvalue weighted by molar-refractivity contribution is 9.10. The van der Waals surface area contributed by atoms with Gasteiger partial charge in [-0.05, 0) is 155 Å². The van der Waals surface area contributed by atoms with Gasteiger partial charge in [-0.25, -0.2) is 0 Å². The molecule has 18 rings (SSSR count). The van der Waals surface area contributed by atoms with E-state index in [4.69, 9.17) is 4.42 Å². The van der Waals surface area contributed by atoms with Crippen molar-refractivity contribution in [3.63, 3.8) is 0 Å². The Balaban J connectivity index is 0.000000123. The van der Waals surface area contributed by atoms with Crippen molar-refractivity contribution in [1.29, 1.82) is 0 Å². The summed E-state index contributed by atoms with van der Waals surface area (Å²) in [7, 11) is 0. The zero-order valence-corrected chi connectivity index (χ0v) is 54.8. The Morgan fingerprint density at radius 1 is 0.315 bits per heavy atom. The van der Waals surface area contributed by atoms with Crippen molar-refractivity contribution in [1.82, 2.24) is 4.57 Å². The standard InChI is InChI=1S/C43H29NOS.C24H16BrN.C18H11BrS/c1-28-16-22-31(23-17-28)44(32-24-18-29(19-25-32)34-10-6-12-38-36-8-2-4-14-40(36)45-42(34)38)33-26-20-30(21-27-33)35-11-7-13-39-37-9-3-5-15-41(37)46-43(35)39;25-19-13-10-17(11-14-19)18-12-15-24-22(16-18)21-8-4-5-9-23(21)26(24)20-6-2-1-3-7-20;19-13-10-8-12(9-11-13)14-5-3-6-16-15-4-1-2-7-17(15)20-18(14)16/h2-27H,1H3;1-16H;1-11H. The lowest BCUT2D eigenvalue weighted by atomic mass is 10.0. The van der Waals surface area contributed by atoms with E-state index < -0.39 is 0 Å². The van der Waals surface area contributed by atoms with Crippen LogP contribution in [0.1, 0.15) is 5.56 Å². The average Bonchev–Trinajstić information content (AvgIpc) is 1.64. The first-order chi connectivity index (χ1) is 45.3. The smallest absolute Gasteiger partial charge is 0.143 e. The molecule has 4 aromatic heterocycles. The van der Waals surface area contributed by atoms with Crippen LogP contribution in [-0.4, -0.2) is 4.57 Å². The summed E-state index contributed by atoms with van der Waals surface area (Å²) in [6, 6.07) is 115. The van der Waals surface area contributed by atoms with E-state index in [1.165, 1.54) is 107 Å². The van der Waals surface area contributed by atoms with E-state index in [-0.39, 0.29) is 0 Å². The molecule has 0 aliphatic carbocycles. The summed E-state index contributed by atoms with van der Waals surface area (Å²) in [5.41, 5.74) is 19.9. The number of rotatable bonds is 8. The fourth-order valence-corrected chi connectivity index (χ4v) is 15.9. The minimum Gasteiger partial charge on any atom is -0.455 e. The maximum absolute atomic E-state index is 6.35. The number of aryl methyl sites for hydroxylation is 1. The SMILES string of the molecule is Brc1ccc(-c2ccc3c(c2)c2ccccc2n3-c2ccccc2)cc1.Brc1ccc(-c2cccc3c2sc2ccccc23)cc1.Cc1ccc(N(c2ccc(-c3cccc4c3oc3ccccc34)cc2)c2ccc(-c3cccc4c3sc3ccccc34)cc2)cc1. The molecule has 92 heavy (non-hydrogen) atoms. The Morgan fingerprint density at radius 2 is 0.739 bits per heavy atom. The molecule has 0 aliphatic rings. The van der Waals surface area contributed by atoms with Crippen LogP contribution < -0.4 is 4.90 Å². The highest BCUT2D eigenvalue weighted by Gasteiger charge is 2.18. The number of hydrogen-bond acceptors (Lipinski definition) is 4. The molecule has 0 aliphatic heterocycles. The molecule has 0 fully saturated rings. The molecule has 14 aromatic carbocycles. The molecule has 4 heterocycles. The molecule has 0 saturated carbocycles. The molecule has 3 nitrogen and oxygen atoms in total. The van der Waals surface area contributed by atoms with Gasteiger partial charge in [0, 0.05) is 99.1 Å². The van der Waals surface area contributed by atoms with Crippen LogP contribution >= 0.6 is 54.5 Å². The second-order valence-corrected chi connectivity index (χ2v) is 27.0. The zero-order chi connectivity index (χ0) is 61.7. The summed E-state index contributed by atoms with van der Waals surface area (Å²) >= 11 is 10.8. The Hall–Kier alpha value is -10.1. The zero-order valence-electron chi connectivity index (χ0n) is 50.0. The molecule has 0 bridgehead atoms. The lowest BCUT2D eigenvalue weighted by Gasteiger charge is -2.26. The van der Waals surface area contributed by atoms with Crippen LogP contribution in [0.2, 0.25) is 0 Å². The maximum Gasteiger partial charge on any atom is 0.143 e. The Kier molecular flexibility index (Phi) is 15.3. The van der Waals surface area contributed by atoms with Gasteiger partial charge in [0.15, 0.2) is 0 Å². The highest BCUT2D eigenvalue weighted by atomic mass is 79.9. The van der Waals surface area contributed by atoms with Crippen molar-refractivity contribution < 1.29 is 4.42 Å². The number of para-hydroxylation sites is 4. The van der Waals surface area contributed by atoms with Gasteiger partial charge in [0.2, 0.25) is 0 Å². The second-order valence-electron chi connectivity index (χ2n) is 23.0. The van der Waals surface area contributed by atoms with Crippen molar-refractivity contribution in [3.8, 4) is 50.2 Å². The Labute approximate surface area is 558 Å². The Bertz CT molecular complexity index is 5550. The van der Waals surface area contributed by atoms with Gasteiger partial charge in [-0.1, -0.05) is 250 Å². The van der Waals surface area contributed by atoms with Crippen molar-refractivity contribution in [2.75, 3.05) is 4.90 Å². The van der Waals surface area contributed by atoms with Gasteiger partial charge in [-0.2, -0.15) is 0 Å². The number of nitrogens with zero attached hydrogens (tertiary/aromatic N) is 2. The lowest BCUT2D eigenvalue weighted by molar-refractivity contribution is 0.670. The molecule has 0 radical (unpaired) electrons. The van der Waals surface area contributed by atoms with Gasteiger partial charge in [-0.3, -0.25) is 0 Å². The minimum atomic E-state index is 0.916. The van der Waals surface area contributed by atoms with Crippen molar-refractivity contribution >= 4 is 156 Å². The number of thiophene rings is 2. The van der Waals surface area contributed by atoms with E-state index in [9.17, 15) is 0 Å². The summed E-state index contributed by atoms with van der Waals surface area (Å²) in [5.74, 6) is 0. The van der Waals surface area contributed by atoms with Crippen LogP contribution in [0, 0.1) is 6.92 Å². The number of benzene rings is 14. The average molecular weight is 1350 g/mol. The van der Waals surface area contributed by atoms with Crippen molar-refractivity contribution in [3.05, 3.63) is 336 Å². The van der Waals surface area contributed by atoms with Crippen LogP contribution in [-0.2, 0) is 0 Å². The predicted octanol–water partition coefficient (Wildman–Crippen LogP) is 26.8. The predicted molar refractivity (Wildman–Crippen MR) is 403 cm³/mol. The number of anilines is 3. The van der Waals surface area contributed by atoms with E-state index in [2.05, 4.69) is 358 Å². The monoisotopic (exact) mass is 1340 g/mol. The quantitative estimate of drug-likeness (QED) is 0.151. The van der Waals surface area contributed by atoms with Gasteiger partial charge in [0.25, 0.3) is 0 Å². The summed E-state index contributed by atoms with van der Waals surface area (Å²) in [6.45, 7) is 2.13. The van der Waals surface area contributed by atoms with Gasteiger partial charge >= 0.3 is 0 Å². The number of halogens is 2. The van der Waals surface area contributed by atoms with Crippen LogP contribution in [0.15, 0.2) is 335 Å². The first-order valence-corrected chi connectivity index (χ1v) is 34.0. The molecule has 0 unspecified atom stereocenters. The van der Waals surface area contributed by atoms with E-state index in [0.717, 1.165) is 59.1 Å². The van der Waals surface area contributed by atoms with Crippen LogP contribution in [0.25, 0.3) is 134 Å². The molecule has 0 N–H and O–H groups in total. The Morgan fingerprint density at radius 3 is 1.33 bits per heavy atom. The van der Waals surface area contributed by atoms with Crippen molar-refractivity contribution in [2.24, 2.45) is 0 Å². The van der Waals surface area contributed by atoms with Crippen LogP contribution in [0.3, 0.4) is 0 Å². The van der Waals surface area contributed by atoms with E-state index in [1.807, 2.05) is 34.8 Å². The number of fused-ring (bicyclic) bond motifs is 12. The fraction of sp³-hybridized carbons (Fsp3) is 0.0118. The molecule has 0 saturated heterocycles. The lowest BCUT2D eigenvalue weighted by Crippen LogP contribution is -2.09. The van der Waals surface area contributed by atoms with Gasteiger partial charge in [0.1, 0.15) is 11.2 Å². The largest absolute Gasteiger partial charge is 0.455 e. The molecular weight excluding hydrogens is 1290 g/mol. The van der Waals surface area contributed by atoms with E-state index in [1.54, 1.807) is 0 Å². The fourth-order valence-electron chi connectivity index (χ4n) is 12.9. The van der Waals surface area contributed by atoms with Crippen LogP contribution in [0.4, 0.5) is 17.1 Å². The van der Waals surface area contributed by atoms with Gasteiger partial charge in [-0.15, -0.1) is 22.7 Å². The van der Waals surface area contributed by atoms with Gasteiger partial charge in [0.05, 0.1) is 11.0 Å². The summed E-state index contributed by atoms with van der Waals surface area (Å²) < 4.78 is 16.3. The molecular formula is C85H56Br2N2OS2. The third kappa shape index (κ3) is 10.8. The third-order valence-electron chi connectivity index (χ3n) is 17.4. The summed E-state index contributed by atoms with van der Waals surface area (Å²) in [6.07, 6.45) is 0. The topological polar surface area (TPSA) is 21.3 Å². The third-order valence-corrected chi connectivity index (χ3v) is 20.9. The molecule has 7 heteroatoms. The highest BCUT2D eigenvalue weighted by Crippen LogP contribution is 2.44. The molecule has 18 aromatic rings. The molecule has 0 atom stereocenters. The van der Waals surface area contributed by atoms with Gasteiger partial charge < -0.3 is 13.9 Å². The normalized spacial score (nSPS) is 11.4. The summed E-state index contributed by atoms with van der Waals surface area (Å²) in [4.78, 5) is 2.33. The molecule has 0 spiro atoms.